The number of hydrogen-bond acceptors (Lipinski definition) is 7. The van der Waals surface area contributed by atoms with E-state index in [0.29, 0.717) is 12.0 Å². The maximum atomic E-state index is 10.4. The summed E-state index contributed by atoms with van der Waals surface area (Å²) >= 11 is -1.50. The second-order valence-electron chi connectivity index (χ2n) is 1.59. The zero-order valence-corrected chi connectivity index (χ0v) is 7.55. The first kappa shape index (κ1) is 11.8. The van der Waals surface area contributed by atoms with Crippen molar-refractivity contribution in [1.29, 1.82) is 0 Å². The van der Waals surface area contributed by atoms with Crippen molar-refractivity contribution in [2.45, 2.75) is 6.10 Å². The topological polar surface area (TPSA) is 93.1 Å². The molecule has 0 aromatic rings. The second kappa shape index (κ2) is 7.50. The van der Waals surface area contributed by atoms with Crippen LogP contribution in [-0.2, 0) is 24.0 Å². The van der Waals surface area contributed by atoms with E-state index in [1.165, 1.54) is 0 Å². The molecule has 0 saturated heterocycles. The van der Waals surface area contributed by atoms with E-state index in [0.717, 1.165) is 0 Å². The van der Waals surface area contributed by atoms with Crippen molar-refractivity contribution in [2.24, 2.45) is 0 Å². The number of carbonyl (C=O) groups excluding carboxylic acids is 1. The summed E-state index contributed by atoms with van der Waals surface area (Å²) in [7, 11) is 0. The average molecular weight is 216 g/mol. The standard InChI is InChI=1S/C4H8O6S2/c5-1-4(7)2-11-10-12(8)9-3-6/h3-5,7H,1-2H2. The van der Waals surface area contributed by atoms with Gasteiger partial charge in [-0.15, -0.1) is 0 Å². The Morgan fingerprint density at radius 3 is 2.83 bits per heavy atom. The van der Waals surface area contributed by atoms with E-state index in [-0.39, 0.29) is 12.2 Å². The predicted molar refractivity (Wildman–Crippen MR) is 41.9 cm³/mol. The van der Waals surface area contributed by atoms with Crippen molar-refractivity contribution >= 4 is 29.9 Å². The maximum Gasteiger partial charge on any atom is 0.374 e. The van der Waals surface area contributed by atoms with Crippen LogP contribution in [0.5, 0.6) is 0 Å². The van der Waals surface area contributed by atoms with Crippen LogP contribution in [0.25, 0.3) is 0 Å². The van der Waals surface area contributed by atoms with E-state index in [1.807, 2.05) is 0 Å². The second-order valence-corrected chi connectivity index (χ2v) is 3.30. The van der Waals surface area contributed by atoms with Crippen LogP contribution in [-0.4, -0.2) is 39.4 Å². The molecule has 12 heavy (non-hydrogen) atoms. The first-order valence-corrected chi connectivity index (χ1v) is 4.73. The Kier molecular flexibility index (Phi) is 7.40. The predicted octanol–water partition coefficient (Wildman–Crippen LogP) is -1.24. The highest BCUT2D eigenvalue weighted by Gasteiger charge is 2.05. The lowest BCUT2D eigenvalue weighted by molar-refractivity contribution is -0.120. The van der Waals surface area contributed by atoms with E-state index >= 15 is 0 Å². The molecule has 0 spiro atoms. The van der Waals surface area contributed by atoms with Gasteiger partial charge in [0.25, 0.3) is 0 Å². The zero-order chi connectivity index (χ0) is 9.40. The maximum absolute atomic E-state index is 10.4. The normalized spacial score (nSPS) is 15.2. The highest BCUT2D eigenvalue weighted by Crippen LogP contribution is 2.07. The highest BCUT2D eigenvalue weighted by atomic mass is 32.3. The number of aliphatic hydroxyl groups is 2. The molecule has 0 amide bonds. The Balaban J connectivity index is 3.30. The molecular weight excluding hydrogens is 208 g/mol. The minimum Gasteiger partial charge on any atom is -0.394 e. The van der Waals surface area contributed by atoms with Crippen LogP contribution in [0.3, 0.4) is 0 Å². The van der Waals surface area contributed by atoms with Gasteiger partial charge in [0.1, 0.15) is 0 Å². The third kappa shape index (κ3) is 6.55. The summed E-state index contributed by atoms with van der Waals surface area (Å²) < 4.78 is 18.6. The average Bonchev–Trinajstić information content (AvgIpc) is 2.04. The van der Waals surface area contributed by atoms with Crippen molar-refractivity contribution in [1.82, 2.24) is 0 Å². The summed E-state index contributed by atoms with van der Waals surface area (Å²) in [5.74, 6) is 0.0461. The Bertz CT molecular complexity index is 150. The Labute approximate surface area is 75.9 Å². The number of hydrogen-bond donors (Lipinski definition) is 2. The van der Waals surface area contributed by atoms with Gasteiger partial charge in [-0.3, -0.25) is 4.79 Å². The Hall–Kier alpha value is -0.150. The fourth-order valence-electron chi connectivity index (χ4n) is 0.246. The third-order valence-electron chi connectivity index (χ3n) is 0.693. The van der Waals surface area contributed by atoms with Gasteiger partial charge in [0.15, 0.2) is 0 Å². The molecule has 2 atom stereocenters. The van der Waals surface area contributed by atoms with Crippen molar-refractivity contribution in [2.75, 3.05) is 12.4 Å². The molecule has 72 valence electrons. The molecule has 0 aromatic carbocycles. The van der Waals surface area contributed by atoms with Gasteiger partial charge in [-0.05, 0) is 0 Å². The van der Waals surface area contributed by atoms with Crippen molar-refractivity contribution in [3.05, 3.63) is 0 Å². The molecule has 0 fully saturated rings. The smallest absolute Gasteiger partial charge is 0.374 e. The molecule has 0 rings (SSSR count). The van der Waals surface area contributed by atoms with Gasteiger partial charge in [0.2, 0.25) is 0 Å². The lowest BCUT2D eigenvalue weighted by atomic mass is 10.4. The van der Waals surface area contributed by atoms with Gasteiger partial charge in [-0.1, -0.05) is 0 Å². The van der Waals surface area contributed by atoms with Crippen LogP contribution in [0.15, 0.2) is 0 Å². The van der Waals surface area contributed by atoms with Crippen molar-refractivity contribution < 1.29 is 27.0 Å². The van der Waals surface area contributed by atoms with Gasteiger partial charge in [-0.2, -0.15) is 7.84 Å². The van der Waals surface area contributed by atoms with E-state index in [9.17, 15) is 9.00 Å². The number of rotatable bonds is 7. The molecule has 6 nitrogen and oxygen atoms in total. The minimum absolute atomic E-state index is 0.0147. The third-order valence-corrected chi connectivity index (χ3v) is 2.28. The van der Waals surface area contributed by atoms with E-state index < -0.39 is 24.1 Å². The van der Waals surface area contributed by atoms with Crippen LogP contribution in [0.2, 0.25) is 0 Å². The van der Waals surface area contributed by atoms with Crippen molar-refractivity contribution in [3.63, 3.8) is 0 Å². The number of carbonyl (C=O) groups is 1. The molecule has 8 heteroatoms. The molecule has 0 radical (unpaired) electrons. The molecule has 0 aliphatic heterocycles. The monoisotopic (exact) mass is 216 g/mol. The van der Waals surface area contributed by atoms with Crippen LogP contribution < -0.4 is 0 Å². The van der Waals surface area contributed by atoms with Crippen LogP contribution in [0.1, 0.15) is 0 Å². The van der Waals surface area contributed by atoms with Gasteiger partial charge >= 0.3 is 17.8 Å². The molecule has 0 aromatic heterocycles. The Morgan fingerprint density at radius 1 is 1.67 bits per heavy atom. The van der Waals surface area contributed by atoms with Crippen LogP contribution in [0, 0.1) is 0 Å². The number of aliphatic hydroxyl groups excluding tert-OH is 2. The summed E-state index contributed by atoms with van der Waals surface area (Å²) in [5, 5.41) is 17.1. The zero-order valence-electron chi connectivity index (χ0n) is 5.91. The van der Waals surface area contributed by atoms with Crippen LogP contribution >= 0.6 is 12.0 Å². The minimum atomic E-state index is -2.14. The summed E-state index contributed by atoms with van der Waals surface area (Å²) in [4.78, 5) is 9.57. The fourth-order valence-corrected chi connectivity index (χ4v) is 1.24. The largest absolute Gasteiger partial charge is 0.394 e. The van der Waals surface area contributed by atoms with Crippen LogP contribution in [0.4, 0.5) is 0 Å². The highest BCUT2D eigenvalue weighted by molar-refractivity contribution is 8.01. The summed E-state index contributed by atoms with van der Waals surface area (Å²) in [5.41, 5.74) is 0. The van der Waals surface area contributed by atoms with Gasteiger partial charge in [0, 0.05) is 17.8 Å². The first-order valence-electron chi connectivity index (χ1n) is 2.82. The SMILES string of the molecule is O=COS(=O)OSCC(O)CO. The molecule has 0 heterocycles. The fraction of sp³-hybridized carbons (Fsp3) is 0.750. The molecule has 0 aliphatic carbocycles. The molecule has 0 saturated carbocycles. The van der Waals surface area contributed by atoms with Gasteiger partial charge in [-0.25, -0.2) is 0 Å². The summed E-state index contributed by atoms with van der Waals surface area (Å²) in [6.07, 6.45) is -0.941. The Morgan fingerprint density at radius 2 is 2.33 bits per heavy atom. The molecule has 0 aliphatic rings. The lowest BCUT2D eigenvalue weighted by Gasteiger charge is -2.03. The summed E-state index contributed by atoms with van der Waals surface area (Å²) in [6, 6.07) is 0. The first-order chi connectivity index (χ1) is 5.70. The van der Waals surface area contributed by atoms with Gasteiger partial charge < -0.3 is 14.4 Å². The molecule has 2 N–H and O–H groups in total. The lowest BCUT2D eigenvalue weighted by Crippen LogP contribution is -2.15. The van der Waals surface area contributed by atoms with E-state index in [4.69, 9.17) is 10.2 Å². The van der Waals surface area contributed by atoms with Gasteiger partial charge in [0.05, 0.1) is 12.7 Å². The quantitative estimate of drug-likeness (QED) is 0.406. The molecular formula is C4H8O6S2. The summed E-state index contributed by atoms with van der Waals surface area (Å²) in [6.45, 7) is -0.420. The van der Waals surface area contributed by atoms with Crippen molar-refractivity contribution in [3.8, 4) is 0 Å². The molecule has 2 unspecified atom stereocenters. The molecule has 0 bridgehead atoms. The van der Waals surface area contributed by atoms with E-state index in [1.54, 1.807) is 0 Å². The van der Waals surface area contributed by atoms with E-state index in [2.05, 4.69) is 7.81 Å².